The van der Waals surface area contributed by atoms with E-state index in [0.29, 0.717) is 18.7 Å². The van der Waals surface area contributed by atoms with Gasteiger partial charge in [0, 0.05) is 31.1 Å². The van der Waals surface area contributed by atoms with Gasteiger partial charge in [-0.2, -0.15) is 0 Å². The second kappa shape index (κ2) is 7.46. The minimum atomic E-state index is -0.512. The molecule has 6 heteroatoms. The summed E-state index contributed by atoms with van der Waals surface area (Å²) < 4.78 is 10.2. The van der Waals surface area contributed by atoms with Crippen molar-refractivity contribution in [2.45, 2.75) is 31.8 Å². The third-order valence-electron chi connectivity index (χ3n) is 4.16. The Morgan fingerprint density at radius 2 is 1.91 bits per heavy atom. The Hall–Kier alpha value is -2.08. The van der Waals surface area contributed by atoms with Crippen LogP contribution in [0.2, 0.25) is 0 Å². The lowest BCUT2D eigenvalue weighted by molar-refractivity contribution is -0.156. The molecule has 0 aliphatic carbocycles. The Labute approximate surface area is 135 Å². The fraction of sp³-hybridized carbons (Fsp3) is 0.529. The maximum Gasteiger partial charge on any atom is 0.335 e. The lowest BCUT2D eigenvalue weighted by Crippen LogP contribution is -2.27. The number of benzene rings is 1. The van der Waals surface area contributed by atoms with E-state index < -0.39 is 12.1 Å². The highest BCUT2D eigenvalue weighted by Crippen LogP contribution is 2.22. The Bertz CT molecular complexity index is 546. The molecule has 6 nitrogen and oxygen atoms in total. The Morgan fingerprint density at radius 1 is 1.17 bits per heavy atom. The average Bonchev–Trinajstić information content (AvgIpc) is 3.26. The molecule has 23 heavy (non-hydrogen) atoms. The highest BCUT2D eigenvalue weighted by atomic mass is 16.6. The maximum absolute atomic E-state index is 11.8. The van der Waals surface area contributed by atoms with E-state index in [2.05, 4.69) is 10.2 Å². The van der Waals surface area contributed by atoms with Crippen molar-refractivity contribution in [1.29, 1.82) is 0 Å². The van der Waals surface area contributed by atoms with Gasteiger partial charge in [-0.1, -0.05) is 0 Å². The second-order valence-corrected chi connectivity index (χ2v) is 5.90. The Kier molecular flexibility index (Phi) is 5.12. The molecule has 3 rings (SSSR count). The van der Waals surface area contributed by atoms with E-state index in [1.807, 2.05) is 24.3 Å². The first-order valence-corrected chi connectivity index (χ1v) is 8.15. The van der Waals surface area contributed by atoms with Crippen molar-refractivity contribution in [2.24, 2.45) is 0 Å². The maximum atomic E-state index is 11.8. The van der Waals surface area contributed by atoms with Crippen LogP contribution in [-0.2, 0) is 19.1 Å². The van der Waals surface area contributed by atoms with Gasteiger partial charge in [-0.3, -0.25) is 4.79 Å². The van der Waals surface area contributed by atoms with Gasteiger partial charge < -0.3 is 19.7 Å². The van der Waals surface area contributed by atoms with Gasteiger partial charge in [-0.25, -0.2) is 4.79 Å². The average molecular weight is 318 g/mol. The summed E-state index contributed by atoms with van der Waals surface area (Å²) in [7, 11) is 0. The smallest absolute Gasteiger partial charge is 0.335 e. The largest absolute Gasteiger partial charge is 0.454 e. The summed E-state index contributed by atoms with van der Waals surface area (Å²) in [6.07, 6.45) is 3.47. The van der Waals surface area contributed by atoms with Crippen molar-refractivity contribution >= 4 is 23.3 Å². The summed E-state index contributed by atoms with van der Waals surface area (Å²) in [5, 5.41) is 2.73. The van der Waals surface area contributed by atoms with Crippen LogP contribution < -0.4 is 10.2 Å². The molecular formula is C17H22N2O4. The zero-order chi connectivity index (χ0) is 16.1. The number of esters is 1. The molecule has 1 N–H and O–H groups in total. The number of amides is 1. The van der Waals surface area contributed by atoms with Crippen LogP contribution in [0.25, 0.3) is 0 Å². The molecule has 0 aromatic heterocycles. The topological polar surface area (TPSA) is 67.9 Å². The molecule has 2 fully saturated rings. The summed E-state index contributed by atoms with van der Waals surface area (Å²) in [5.74, 6) is -0.799. The summed E-state index contributed by atoms with van der Waals surface area (Å²) in [5.41, 5.74) is 1.87. The molecule has 0 saturated carbocycles. The molecule has 1 atom stereocenters. The number of carbonyl (C=O) groups is 2. The predicted molar refractivity (Wildman–Crippen MR) is 86.5 cm³/mol. The SMILES string of the molecule is O=C(COC(=O)[C@@H]1CCCO1)Nc1ccc(N2CCCC2)cc1. The zero-order valence-electron chi connectivity index (χ0n) is 13.1. The van der Waals surface area contributed by atoms with Crippen LogP contribution in [0.3, 0.4) is 0 Å². The van der Waals surface area contributed by atoms with Crippen LogP contribution >= 0.6 is 0 Å². The van der Waals surface area contributed by atoms with E-state index >= 15 is 0 Å². The van der Waals surface area contributed by atoms with Crippen molar-refractivity contribution in [2.75, 3.05) is 36.5 Å². The quantitative estimate of drug-likeness (QED) is 0.841. The summed E-state index contributed by atoms with van der Waals surface area (Å²) in [4.78, 5) is 25.8. The van der Waals surface area contributed by atoms with E-state index in [4.69, 9.17) is 9.47 Å². The number of ether oxygens (including phenoxy) is 2. The minimum Gasteiger partial charge on any atom is -0.454 e. The highest BCUT2D eigenvalue weighted by molar-refractivity contribution is 5.93. The van der Waals surface area contributed by atoms with Crippen LogP contribution in [0.5, 0.6) is 0 Å². The van der Waals surface area contributed by atoms with Gasteiger partial charge >= 0.3 is 5.97 Å². The lowest BCUT2D eigenvalue weighted by Gasteiger charge is -2.17. The van der Waals surface area contributed by atoms with Crippen molar-refractivity contribution in [3.63, 3.8) is 0 Å². The molecule has 0 spiro atoms. The number of anilines is 2. The molecular weight excluding hydrogens is 296 g/mol. The number of hydrogen-bond donors (Lipinski definition) is 1. The van der Waals surface area contributed by atoms with Gasteiger partial charge in [0.25, 0.3) is 5.91 Å². The number of nitrogens with zero attached hydrogens (tertiary/aromatic N) is 1. The molecule has 2 heterocycles. The molecule has 0 unspecified atom stereocenters. The normalized spacial score (nSPS) is 20.5. The Morgan fingerprint density at radius 3 is 2.57 bits per heavy atom. The molecule has 1 aromatic carbocycles. The molecule has 1 aromatic rings. The van der Waals surface area contributed by atoms with Crippen molar-refractivity contribution < 1.29 is 19.1 Å². The molecule has 2 aliphatic rings. The van der Waals surface area contributed by atoms with Crippen molar-refractivity contribution in [3.8, 4) is 0 Å². The van der Waals surface area contributed by atoms with Gasteiger partial charge in [0.15, 0.2) is 12.7 Å². The number of rotatable bonds is 5. The van der Waals surface area contributed by atoms with Gasteiger partial charge in [-0.15, -0.1) is 0 Å². The van der Waals surface area contributed by atoms with E-state index in [0.717, 1.165) is 19.5 Å². The standard InChI is InChI=1S/C17H22N2O4/c20-16(12-23-17(21)15-4-3-11-22-15)18-13-5-7-14(8-6-13)19-9-1-2-10-19/h5-8,15H,1-4,9-12H2,(H,18,20)/t15-/m0/s1. The molecule has 124 valence electrons. The molecule has 0 bridgehead atoms. The highest BCUT2D eigenvalue weighted by Gasteiger charge is 2.25. The third kappa shape index (κ3) is 4.22. The van der Waals surface area contributed by atoms with Gasteiger partial charge in [-0.05, 0) is 49.9 Å². The summed E-state index contributed by atoms with van der Waals surface area (Å²) >= 11 is 0. The van der Waals surface area contributed by atoms with E-state index in [1.54, 1.807) is 0 Å². The first kappa shape index (κ1) is 15.8. The predicted octanol–water partition coefficient (Wildman–Crippen LogP) is 1.95. The second-order valence-electron chi connectivity index (χ2n) is 5.90. The Balaban J connectivity index is 1.44. The van der Waals surface area contributed by atoms with Gasteiger partial charge in [0.2, 0.25) is 0 Å². The fourth-order valence-electron chi connectivity index (χ4n) is 2.92. The zero-order valence-corrected chi connectivity index (χ0v) is 13.1. The van der Waals surface area contributed by atoms with Crippen LogP contribution in [0.1, 0.15) is 25.7 Å². The molecule has 2 saturated heterocycles. The monoisotopic (exact) mass is 318 g/mol. The fourth-order valence-corrected chi connectivity index (χ4v) is 2.92. The summed E-state index contributed by atoms with van der Waals surface area (Å²) in [6.45, 7) is 2.47. The first-order valence-electron chi connectivity index (χ1n) is 8.15. The minimum absolute atomic E-state index is 0.285. The van der Waals surface area contributed by atoms with Crippen molar-refractivity contribution in [3.05, 3.63) is 24.3 Å². The van der Waals surface area contributed by atoms with E-state index in [1.165, 1.54) is 18.5 Å². The number of carbonyl (C=O) groups excluding carboxylic acids is 2. The number of hydrogen-bond acceptors (Lipinski definition) is 5. The van der Waals surface area contributed by atoms with Crippen LogP contribution in [-0.4, -0.2) is 44.3 Å². The molecule has 2 aliphatic heterocycles. The van der Waals surface area contributed by atoms with Crippen LogP contribution in [0, 0.1) is 0 Å². The lowest BCUT2D eigenvalue weighted by atomic mass is 10.2. The van der Waals surface area contributed by atoms with Gasteiger partial charge in [0.1, 0.15) is 0 Å². The van der Waals surface area contributed by atoms with Crippen molar-refractivity contribution in [1.82, 2.24) is 0 Å². The molecule has 0 radical (unpaired) electrons. The van der Waals surface area contributed by atoms with Crippen LogP contribution in [0.4, 0.5) is 11.4 Å². The number of nitrogens with one attached hydrogen (secondary N) is 1. The van der Waals surface area contributed by atoms with Gasteiger partial charge in [0.05, 0.1) is 0 Å². The molecule has 1 amide bonds. The first-order chi connectivity index (χ1) is 11.2. The van der Waals surface area contributed by atoms with E-state index in [-0.39, 0.29) is 12.5 Å². The third-order valence-corrected chi connectivity index (χ3v) is 4.16. The van der Waals surface area contributed by atoms with Crippen LogP contribution in [0.15, 0.2) is 24.3 Å². The van der Waals surface area contributed by atoms with E-state index in [9.17, 15) is 9.59 Å². The summed E-state index contributed by atoms with van der Waals surface area (Å²) in [6, 6.07) is 7.74.